The van der Waals surface area contributed by atoms with E-state index in [0.717, 1.165) is 5.56 Å². The van der Waals surface area contributed by atoms with Gasteiger partial charge in [0, 0.05) is 19.9 Å². The van der Waals surface area contributed by atoms with E-state index in [9.17, 15) is 24.3 Å². The summed E-state index contributed by atoms with van der Waals surface area (Å²) in [5, 5.41) is 12.5. The van der Waals surface area contributed by atoms with Crippen LogP contribution in [0.15, 0.2) is 66.7 Å². The first-order chi connectivity index (χ1) is 21.1. The maximum Gasteiger partial charge on any atom is 0.338 e. The van der Waals surface area contributed by atoms with Gasteiger partial charge in [-0.3, -0.25) is 9.59 Å². The van der Waals surface area contributed by atoms with Crippen LogP contribution in [-0.4, -0.2) is 70.2 Å². The number of carbonyl (C=O) groups is 4. The number of esters is 4. The molecule has 1 saturated heterocycles. The van der Waals surface area contributed by atoms with Crippen molar-refractivity contribution < 1.29 is 48.0 Å². The number of aliphatic hydroxyl groups is 1. The lowest BCUT2D eigenvalue weighted by Gasteiger charge is -2.65. The van der Waals surface area contributed by atoms with Crippen LogP contribution >= 0.6 is 0 Å². The SMILES string of the molecule is CC(=O)O[C@H]1[C@H](OC(=O)c2ccccc2)[C@@]2(C)[C@@H](OC(=O)/C=C/c3ccccc3)C[C@@H]3C[C@]2(OC3(C)C)[C@@](C)(O)[C@H]1OC(C)=O. The fourth-order valence-corrected chi connectivity index (χ4v) is 7.65. The molecule has 0 radical (unpaired) electrons. The largest absolute Gasteiger partial charge is 0.458 e. The minimum absolute atomic E-state index is 0.207. The molecule has 2 bridgehead atoms. The van der Waals surface area contributed by atoms with Crippen LogP contribution in [0, 0.1) is 11.3 Å². The van der Waals surface area contributed by atoms with Gasteiger partial charge in [-0.25, -0.2) is 9.59 Å². The van der Waals surface area contributed by atoms with Gasteiger partial charge >= 0.3 is 23.9 Å². The normalized spacial score (nSPS) is 34.8. The van der Waals surface area contributed by atoms with Gasteiger partial charge in [0.05, 0.1) is 16.6 Å². The molecule has 2 aromatic rings. The van der Waals surface area contributed by atoms with Crippen LogP contribution in [0.2, 0.25) is 0 Å². The quantitative estimate of drug-likeness (QED) is 0.269. The van der Waals surface area contributed by atoms with E-state index in [-0.39, 0.29) is 17.9 Å². The van der Waals surface area contributed by atoms with E-state index >= 15 is 0 Å². The van der Waals surface area contributed by atoms with E-state index in [0.29, 0.717) is 6.42 Å². The van der Waals surface area contributed by atoms with Crippen molar-refractivity contribution in [2.75, 3.05) is 0 Å². The molecular formula is C35H40O10. The van der Waals surface area contributed by atoms with Gasteiger partial charge in [0.1, 0.15) is 17.3 Å². The van der Waals surface area contributed by atoms with Crippen molar-refractivity contribution in [3.63, 3.8) is 0 Å². The maximum atomic E-state index is 13.7. The second-order valence-corrected chi connectivity index (χ2v) is 13.1. The van der Waals surface area contributed by atoms with Gasteiger partial charge in [-0.2, -0.15) is 0 Å². The van der Waals surface area contributed by atoms with Crippen molar-refractivity contribution in [2.45, 2.75) is 95.6 Å². The fourth-order valence-electron chi connectivity index (χ4n) is 7.65. The molecule has 1 spiro atoms. The minimum atomic E-state index is -2.00. The van der Waals surface area contributed by atoms with Crippen LogP contribution in [0.4, 0.5) is 0 Å². The zero-order chi connectivity index (χ0) is 32.8. The van der Waals surface area contributed by atoms with Crippen molar-refractivity contribution in [1.29, 1.82) is 0 Å². The standard InChI is InChI=1S/C35H40O10/c1-21(36)41-28-29(44-31(39)24-15-11-8-12-16-24)33(5)26(43-27(38)18-17-23-13-9-7-10-14-23)19-25-20-35(33,45-32(25,3)4)34(6,40)30(28)42-22(2)37/h7-18,25-26,28-30,40H,19-20H2,1-6H3/b18-17+/t25-,26+,28+,29+,30+,33-,34+,35-/m1/s1. The smallest absolute Gasteiger partial charge is 0.338 e. The molecule has 2 aromatic carbocycles. The van der Waals surface area contributed by atoms with E-state index in [1.54, 1.807) is 43.3 Å². The molecular weight excluding hydrogens is 580 g/mol. The van der Waals surface area contributed by atoms with Crippen molar-refractivity contribution in [3.8, 4) is 0 Å². The summed E-state index contributed by atoms with van der Waals surface area (Å²) in [6, 6.07) is 17.5. The lowest BCUT2D eigenvalue weighted by atomic mass is 9.47. The van der Waals surface area contributed by atoms with Crippen LogP contribution in [0.5, 0.6) is 0 Å². The Kier molecular flexibility index (Phi) is 8.44. The number of ether oxygens (including phenoxy) is 5. The number of hydrogen-bond donors (Lipinski definition) is 1. The molecule has 10 nitrogen and oxygen atoms in total. The summed E-state index contributed by atoms with van der Waals surface area (Å²) < 4.78 is 30.7. The number of hydrogen-bond acceptors (Lipinski definition) is 10. The molecule has 0 aromatic heterocycles. The Bertz CT molecular complexity index is 1480. The average molecular weight is 621 g/mol. The summed E-state index contributed by atoms with van der Waals surface area (Å²) in [4.78, 5) is 52.1. The highest BCUT2D eigenvalue weighted by molar-refractivity contribution is 5.89. The molecule has 0 amide bonds. The highest BCUT2D eigenvalue weighted by atomic mass is 16.6. The predicted octanol–water partition coefficient (Wildman–Crippen LogP) is 4.43. The summed E-state index contributed by atoms with van der Waals surface area (Å²) in [5.74, 6) is -3.11. The van der Waals surface area contributed by atoms with Gasteiger partial charge in [-0.05, 0) is 70.2 Å². The summed E-state index contributed by atoms with van der Waals surface area (Å²) in [6.45, 7) is 9.27. The first kappa shape index (κ1) is 32.4. The predicted molar refractivity (Wildman–Crippen MR) is 161 cm³/mol. The summed E-state index contributed by atoms with van der Waals surface area (Å²) >= 11 is 0. The summed E-state index contributed by atoms with van der Waals surface area (Å²) in [5.41, 5.74) is -4.90. The average Bonchev–Trinajstić information content (AvgIpc) is 3.23. The Morgan fingerprint density at radius 1 is 0.822 bits per heavy atom. The molecule has 8 atom stereocenters. The van der Waals surface area contributed by atoms with Crippen LogP contribution < -0.4 is 0 Å². The van der Waals surface area contributed by atoms with Crippen LogP contribution in [0.1, 0.15) is 70.3 Å². The van der Waals surface area contributed by atoms with Crippen molar-refractivity contribution in [3.05, 3.63) is 77.9 Å². The van der Waals surface area contributed by atoms with E-state index in [4.69, 9.17) is 23.7 Å². The molecule has 1 heterocycles. The summed E-state index contributed by atoms with van der Waals surface area (Å²) in [6.07, 6.45) is -1.84. The monoisotopic (exact) mass is 620 g/mol. The topological polar surface area (TPSA) is 135 Å². The van der Waals surface area contributed by atoms with Gasteiger partial charge in [-0.15, -0.1) is 0 Å². The van der Waals surface area contributed by atoms with E-state index < -0.39 is 70.5 Å². The lowest BCUT2D eigenvalue weighted by molar-refractivity contribution is -0.352. The Morgan fingerprint density at radius 2 is 1.42 bits per heavy atom. The molecule has 1 N–H and O–H groups in total. The molecule has 45 heavy (non-hydrogen) atoms. The molecule has 2 aliphatic carbocycles. The Labute approximate surface area is 262 Å². The highest BCUT2D eigenvalue weighted by Gasteiger charge is 2.82. The van der Waals surface area contributed by atoms with Crippen molar-refractivity contribution in [2.24, 2.45) is 11.3 Å². The third kappa shape index (κ3) is 5.55. The molecule has 240 valence electrons. The number of fused-ring (bicyclic) bond motifs is 1. The molecule has 0 unspecified atom stereocenters. The van der Waals surface area contributed by atoms with Crippen LogP contribution in [-0.2, 0) is 38.1 Å². The maximum absolute atomic E-state index is 13.7. The number of benzene rings is 2. The molecule has 2 saturated carbocycles. The van der Waals surface area contributed by atoms with Gasteiger partial charge in [0.2, 0.25) is 0 Å². The van der Waals surface area contributed by atoms with Gasteiger partial charge in [0.25, 0.3) is 0 Å². The van der Waals surface area contributed by atoms with Gasteiger partial charge < -0.3 is 28.8 Å². The van der Waals surface area contributed by atoms with Crippen molar-refractivity contribution >= 4 is 30.0 Å². The molecule has 5 rings (SSSR count). The molecule has 3 fully saturated rings. The van der Waals surface area contributed by atoms with Crippen LogP contribution in [0.3, 0.4) is 0 Å². The Hall–Kier alpha value is -4.02. The molecule has 1 aliphatic heterocycles. The molecule has 3 aliphatic rings. The first-order valence-electron chi connectivity index (χ1n) is 15.1. The minimum Gasteiger partial charge on any atom is -0.458 e. The third-order valence-corrected chi connectivity index (χ3v) is 9.86. The fraction of sp³-hybridized carbons (Fsp3) is 0.486. The van der Waals surface area contributed by atoms with Crippen LogP contribution in [0.25, 0.3) is 6.08 Å². The first-order valence-corrected chi connectivity index (χ1v) is 15.1. The van der Waals surface area contributed by atoms with E-state index in [2.05, 4.69) is 0 Å². The second-order valence-electron chi connectivity index (χ2n) is 13.1. The molecule has 10 heteroatoms. The van der Waals surface area contributed by atoms with Gasteiger partial charge in [0.15, 0.2) is 18.3 Å². The van der Waals surface area contributed by atoms with Gasteiger partial charge in [-0.1, -0.05) is 48.5 Å². The third-order valence-electron chi connectivity index (χ3n) is 9.86. The summed E-state index contributed by atoms with van der Waals surface area (Å²) in [7, 11) is 0. The highest BCUT2D eigenvalue weighted by Crippen LogP contribution is 2.68. The zero-order valence-electron chi connectivity index (χ0n) is 26.4. The number of carbonyl (C=O) groups excluding carboxylic acids is 4. The number of rotatable bonds is 7. The zero-order valence-corrected chi connectivity index (χ0v) is 26.4. The van der Waals surface area contributed by atoms with Crippen molar-refractivity contribution in [1.82, 2.24) is 0 Å². The lowest BCUT2D eigenvalue weighted by Crippen LogP contribution is -2.82. The second kappa shape index (κ2) is 11.7. The van der Waals surface area contributed by atoms with E-state index in [1.165, 1.54) is 26.8 Å². The Morgan fingerprint density at radius 3 is 2.02 bits per heavy atom. The van der Waals surface area contributed by atoms with E-state index in [1.807, 2.05) is 44.2 Å². The Balaban J connectivity index is 1.67.